The molecular formula is C32H30Cl2N6O4. The van der Waals surface area contributed by atoms with Crippen LogP contribution in [0.3, 0.4) is 0 Å². The summed E-state index contributed by atoms with van der Waals surface area (Å²) in [5.74, 6) is -1.53. The van der Waals surface area contributed by atoms with Gasteiger partial charge in [0, 0.05) is 23.2 Å². The number of hydrogen-bond donors (Lipinski definition) is 2. The van der Waals surface area contributed by atoms with Gasteiger partial charge in [-0.2, -0.15) is 0 Å². The highest BCUT2D eigenvalue weighted by atomic mass is 35.5. The molecule has 3 aromatic rings. The number of allylic oxidation sites excluding steroid dienone is 5. The van der Waals surface area contributed by atoms with E-state index in [1.54, 1.807) is 43.4 Å². The summed E-state index contributed by atoms with van der Waals surface area (Å²) in [7, 11) is 0. The first-order valence-electron chi connectivity index (χ1n) is 13.5. The summed E-state index contributed by atoms with van der Waals surface area (Å²) in [6, 6.07) is 13.0. The maximum atomic E-state index is 13.6. The molecule has 226 valence electrons. The Morgan fingerprint density at radius 1 is 1.09 bits per heavy atom. The molecule has 1 saturated heterocycles. The molecular weight excluding hydrogens is 603 g/mol. The van der Waals surface area contributed by atoms with E-state index in [9.17, 15) is 19.5 Å². The minimum atomic E-state index is -1.01. The van der Waals surface area contributed by atoms with E-state index in [2.05, 4.69) is 28.8 Å². The van der Waals surface area contributed by atoms with Gasteiger partial charge in [-0.1, -0.05) is 90.1 Å². The highest BCUT2D eigenvalue weighted by Crippen LogP contribution is 2.30. The van der Waals surface area contributed by atoms with Gasteiger partial charge in [0.05, 0.1) is 17.6 Å². The van der Waals surface area contributed by atoms with Gasteiger partial charge in [0.1, 0.15) is 24.9 Å². The third kappa shape index (κ3) is 7.52. The lowest BCUT2D eigenvalue weighted by atomic mass is 10.0. The van der Waals surface area contributed by atoms with Crippen molar-refractivity contribution in [2.45, 2.75) is 19.4 Å². The maximum Gasteiger partial charge on any atom is 0.247 e. The molecule has 3 amide bonds. The van der Waals surface area contributed by atoms with E-state index in [4.69, 9.17) is 23.2 Å². The second kappa shape index (κ2) is 14.5. The number of aliphatic hydroxyl groups is 1. The Labute approximate surface area is 264 Å². The van der Waals surface area contributed by atoms with Crippen molar-refractivity contribution >= 4 is 46.6 Å². The molecule has 10 nitrogen and oxygen atoms in total. The second-order valence-electron chi connectivity index (χ2n) is 9.69. The van der Waals surface area contributed by atoms with Gasteiger partial charge >= 0.3 is 0 Å². The van der Waals surface area contributed by atoms with Gasteiger partial charge in [-0.25, -0.2) is 4.68 Å². The van der Waals surface area contributed by atoms with E-state index < -0.39 is 23.8 Å². The fraction of sp³-hybridized carbons (Fsp3) is 0.156. The molecule has 0 saturated carbocycles. The third-order valence-corrected chi connectivity index (χ3v) is 7.18. The average molecular weight is 634 g/mol. The van der Waals surface area contributed by atoms with E-state index in [1.807, 2.05) is 30.3 Å². The molecule has 1 aliphatic rings. The molecule has 2 heterocycles. The molecule has 4 rings (SSSR count). The lowest BCUT2D eigenvalue weighted by Crippen LogP contribution is -2.60. The number of carbonyl (C=O) groups excluding carboxylic acids is 3. The molecule has 1 unspecified atom stereocenters. The lowest BCUT2D eigenvalue weighted by molar-refractivity contribution is -0.144. The molecule has 2 aromatic carbocycles. The van der Waals surface area contributed by atoms with Crippen molar-refractivity contribution in [3.8, 4) is 5.69 Å². The summed E-state index contributed by atoms with van der Waals surface area (Å²) in [5, 5.41) is 20.9. The zero-order valence-corrected chi connectivity index (χ0v) is 25.4. The Balaban J connectivity index is 1.62. The van der Waals surface area contributed by atoms with E-state index >= 15 is 0 Å². The number of aliphatic hydroxyl groups excluding tert-OH is 1. The first kappa shape index (κ1) is 32.0. The zero-order chi connectivity index (χ0) is 31.8. The number of carbonyl (C=O) groups is 3. The normalized spacial score (nSPS) is 15.1. The number of rotatable bonds is 11. The summed E-state index contributed by atoms with van der Waals surface area (Å²) < 4.78 is 1.39. The van der Waals surface area contributed by atoms with Crippen LogP contribution in [0, 0.1) is 0 Å². The standard InChI is InChI=1S/C32H30Cl2N6O4/c1-4-9-23(25(5-2)21(3)41)14-15-35-32(44)28(16-22-10-7-6-8-11-22)39-20-30(42)38(19-31(39)43)27-17-24(33)12-13-26(27)40-18-29(34)36-37-40/h4-15,17-18,28,41H,2-3,16,19-20H2,1H3,(H,35,44)/b9-4-,15-14+,25-23+. The van der Waals surface area contributed by atoms with Gasteiger partial charge in [0.25, 0.3) is 0 Å². The Hall–Kier alpha value is -4.93. The quantitative estimate of drug-likeness (QED) is 0.224. The Bertz CT molecular complexity index is 1680. The summed E-state index contributed by atoms with van der Waals surface area (Å²) in [4.78, 5) is 43.4. The Kier molecular flexibility index (Phi) is 10.5. The number of anilines is 1. The van der Waals surface area contributed by atoms with Gasteiger partial charge in [0.2, 0.25) is 17.7 Å². The Morgan fingerprint density at radius 2 is 1.84 bits per heavy atom. The van der Waals surface area contributed by atoms with Crippen LogP contribution in [0.5, 0.6) is 0 Å². The number of nitrogens with one attached hydrogen (secondary N) is 1. The fourth-order valence-corrected chi connectivity index (χ4v) is 5.01. The topological polar surface area (TPSA) is 121 Å². The number of halogens is 2. The minimum Gasteiger partial charge on any atom is -0.508 e. The van der Waals surface area contributed by atoms with Crippen molar-refractivity contribution in [3.05, 3.63) is 131 Å². The van der Waals surface area contributed by atoms with Crippen LogP contribution in [0.25, 0.3) is 5.69 Å². The molecule has 44 heavy (non-hydrogen) atoms. The van der Waals surface area contributed by atoms with Gasteiger partial charge < -0.3 is 15.3 Å². The molecule has 1 aliphatic heterocycles. The predicted molar refractivity (Wildman–Crippen MR) is 170 cm³/mol. The number of hydrogen-bond acceptors (Lipinski definition) is 6. The van der Waals surface area contributed by atoms with Crippen LogP contribution in [0.15, 0.2) is 115 Å². The predicted octanol–water partition coefficient (Wildman–Crippen LogP) is 5.12. The Morgan fingerprint density at radius 3 is 2.48 bits per heavy atom. The third-order valence-electron chi connectivity index (χ3n) is 6.77. The van der Waals surface area contributed by atoms with Crippen LogP contribution in [0.4, 0.5) is 5.69 Å². The maximum absolute atomic E-state index is 13.6. The van der Waals surface area contributed by atoms with E-state index in [0.717, 1.165) is 5.56 Å². The summed E-state index contributed by atoms with van der Waals surface area (Å²) in [6.45, 7) is 8.37. The van der Waals surface area contributed by atoms with Gasteiger partial charge in [0.15, 0.2) is 5.15 Å². The van der Waals surface area contributed by atoms with E-state index in [0.29, 0.717) is 27.5 Å². The smallest absolute Gasteiger partial charge is 0.247 e. The van der Waals surface area contributed by atoms with Crippen molar-refractivity contribution < 1.29 is 19.5 Å². The van der Waals surface area contributed by atoms with Crippen LogP contribution in [0.2, 0.25) is 10.2 Å². The minimum absolute atomic E-state index is 0.150. The first-order chi connectivity index (χ1) is 21.1. The first-order valence-corrected chi connectivity index (χ1v) is 14.2. The van der Waals surface area contributed by atoms with Gasteiger partial charge in [-0.15, -0.1) is 5.10 Å². The molecule has 0 spiro atoms. The van der Waals surface area contributed by atoms with Crippen LogP contribution < -0.4 is 10.2 Å². The van der Waals surface area contributed by atoms with Crippen molar-refractivity contribution in [2.75, 3.05) is 18.0 Å². The number of piperazine rings is 1. The van der Waals surface area contributed by atoms with Crippen LogP contribution in [0.1, 0.15) is 12.5 Å². The lowest BCUT2D eigenvalue weighted by Gasteiger charge is -2.38. The molecule has 0 radical (unpaired) electrons. The van der Waals surface area contributed by atoms with Gasteiger partial charge in [-0.05, 0) is 42.3 Å². The molecule has 1 atom stereocenters. The summed E-state index contributed by atoms with van der Waals surface area (Å²) in [6.07, 6.45) is 9.57. The monoisotopic (exact) mass is 632 g/mol. The van der Waals surface area contributed by atoms with Crippen LogP contribution in [-0.2, 0) is 20.8 Å². The van der Waals surface area contributed by atoms with Crippen molar-refractivity contribution in [3.63, 3.8) is 0 Å². The zero-order valence-electron chi connectivity index (χ0n) is 23.9. The van der Waals surface area contributed by atoms with E-state index in [-0.39, 0.29) is 30.4 Å². The van der Waals surface area contributed by atoms with E-state index in [1.165, 1.54) is 33.0 Å². The van der Waals surface area contributed by atoms with Crippen molar-refractivity contribution in [2.24, 2.45) is 0 Å². The second-order valence-corrected chi connectivity index (χ2v) is 10.5. The summed E-state index contributed by atoms with van der Waals surface area (Å²) in [5.41, 5.74) is 2.54. The molecule has 2 N–H and O–H groups in total. The number of nitrogens with zero attached hydrogens (tertiary/aromatic N) is 5. The number of benzene rings is 2. The van der Waals surface area contributed by atoms with Crippen molar-refractivity contribution in [1.29, 1.82) is 0 Å². The average Bonchev–Trinajstić information content (AvgIpc) is 3.43. The molecule has 12 heteroatoms. The summed E-state index contributed by atoms with van der Waals surface area (Å²) >= 11 is 12.2. The SMILES string of the molecule is C=C/C(C(=C)O)=C(/C=C\C)\C=C\NC(=O)C(Cc1ccccc1)N1CC(=O)N(c2cc(Cl)ccc2-n2cc(Cl)nn2)CC1=O. The highest BCUT2D eigenvalue weighted by molar-refractivity contribution is 6.31. The largest absolute Gasteiger partial charge is 0.508 e. The molecule has 0 aliphatic carbocycles. The van der Waals surface area contributed by atoms with Gasteiger partial charge in [-0.3, -0.25) is 19.3 Å². The molecule has 1 fully saturated rings. The fourth-order valence-electron chi connectivity index (χ4n) is 4.71. The molecule has 1 aromatic heterocycles. The van der Waals surface area contributed by atoms with Crippen LogP contribution >= 0.6 is 23.2 Å². The molecule has 0 bridgehead atoms. The number of aromatic nitrogens is 3. The van der Waals surface area contributed by atoms with Crippen molar-refractivity contribution in [1.82, 2.24) is 25.2 Å². The number of amides is 3. The van der Waals surface area contributed by atoms with Crippen LogP contribution in [-0.4, -0.2) is 61.9 Å². The highest BCUT2D eigenvalue weighted by Gasteiger charge is 2.38.